The van der Waals surface area contributed by atoms with Crippen molar-refractivity contribution in [2.75, 3.05) is 18.0 Å². The predicted molar refractivity (Wildman–Crippen MR) is 91.9 cm³/mol. The van der Waals surface area contributed by atoms with E-state index in [1.807, 2.05) is 6.07 Å². The monoisotopic (exact) mass is 308 g/mol. The third-order valence-electron chi connectivity index (χ3n) is 4.02. The van der Waals surface area contributed by atoms with E-state index >= 15 is 0 Å². The van der Waals surface area contributed by atoms with Crippen molar-refractivity contribution in [3.8, 4) is 0 Å². The molecule has 2 heterocycles. The highest BCUT2D eigenvalue weighted by Gasteiger charge is 2.12. The van der Waals surface area contributed by atoms with Crippen LogP contribution in [0.5, 0.6) is 0 Å². The van der Waals surface area contributed by atoms with Gasteiger partial charge < -0.3 is 4.90 Å². The number of nitrogens with zero attached hydrogens (tertiary/aromatic N) is 3. The van der Waals surface area contributed by atoms with Crippen LogP contribution in [0.25, 0.3) is 0 Å². The Hall–Kier alpha value is -2.69. The molecule has 1 aromatic heterocycles. The zero-order valence-electron chi connectivity index (χ0n) is 13.2. The second-order valence-electron chi connectivity index (χ2n) is 5.68. The maximum absolute atomic E-state index is 11.9. The normalized spacial score (nSPS) is 14.4. The number of hydrazone groups is 1. The third-order valence-corrected chi connectivity index (χ3v) is 4.02. The molecule has 118 valence electrons. The van der Waals surface area contributed by atoms with Gasteiger partial charge in [-0.3, -0.25) is 9.78 Å². The summed E-state index contributed by atoms with van der Waals surface area (Å²) >= 11 is 0. The first-order valence-electron chi connectivity index (χ1n) is 7.83. The van der Waals surface area contributed by atoms with E-state index in [-0.39, 0.29) is 5.91 Å². The van der Waals surface area contributed by atoms with Crippen LogP contribution in [0.15, 0.2) is 47.8 Å². The van der Waals surface area contributed by atoms with Crippen LogP contribution in [0.3, 0.4) is 0 Å². The quantitative estimate of drug-likeness (QED) is 0.698. The summed E-state index contributed by atoms with van der Waals surface area (Å²) in [6.45, 7) is 4.33. The molecule has 1 amide bonds. The minimum absolute atomic E-state index is 0.263. The van der Waals surface area contributed by atoms with Gasteiger partial charge in [0.15, 0.2) is 0 Å². The number of pyridine rings is 1. The Morgan fingerprint density at radius 3 is 2.83 bits per heavy atom. The molecule has 1 aromatic carbocycles. The van der Waals surface area contributed by atoms with Crippen LogP contribution in [-0.4, -0.2) is 30.2 Å². The van der Waals surface area contributed by atoms with Crippen molar-refractivity contribution in [1.29, 1.82) is 0 Å². The second kappa shape index (κ2) is 7.05. The summed E-state index contributed by atoms with van der Waals surface area (Å²) in [5.41, 5.74) is 6.42. The number of aromatic nitrogens is 1. The highest BCUT2D eigenvalue weighted by molar-refractivity contribution is 5.94. The van der Waals surface area contributed by atoms with Gasteiger partial charge >= 0.3 is 0 Å². The first-order chi connectivity index (χ1) is 11.2. The number of hydrogen-bond acceptors (Lipinski definition) is 4. The SMILES string of the molecule is Cc1cc(N2CCCC2)ccc1/C=N\NC(=O)c1cccnc1. The molecule has 0 unspecified atom stereocenters. The molecule has 2 aromatic rings. The Labute approximate surface area is 136 Å². The minimum Gasteiger partial charge on any atom is -0.372 e. The first-order valence-corrected chi connectivity index (χ1v) is 7.83. The Bertz CT molecular complexity index is 706. The summed E-state index contributed by atoms with van der Waals surface area (Å²) in [5.74, 6) is -0.263. The topological polar surface area (TPSA) is 57.6 Å². The standard InChI is InChI=1S/C18H20N4O/c1-14-11-17(22-9-2-3-10-22)7-6-15(14)13-20-21-18(23)16-5-4-8-19-12-16/h4-8,11-13H,2-3,9-10H2,1H3,(H,21,23)/b20-13-. The van der Waals surface area contributed by atoms with E-state index in [1.54, 1.807) is 24.5 Å². The largest absolute Gasteiger partial charge is 0.372 e. The van der Waals surface area contributed by atoms with E-state index in [2.05, 4.69) is 39.5 Å². The maximum Gasteiger partial charge on any atom is 0.272 e. The van der Waals surface area contributed by atoms with Crippen LogP contribution in [-0.2, 0) is 0 Å². The first kappa shape index (κ1) is 15.2. The smallest absolute Gasteiger partial charge is 0.272 e. The molecule has 1 saturated heterocycles. The molecule has 0 aliphatic carbocycles. The third kappa shape index (κ3) is 3.74. The molecular weight excluding hydrogens is 288 g/mol. The average molecular weight is 308 g/mol. The van der Waals surface area contributed by atoms with E-state index in [1.165, 1.54) is 24.7 Å². The highest BCUT2D eigenvalue weighted by atomic mass is 16.2. The Balaban J connectivity index is 1.64. The predicted octanol–water partition coefficient (Wildman–Crippen LogP) is 2.75. The number of rotatable bonds is 4. The molecule has 1 aliphatic heterocycles. The van der Waals surface area contributed by atoms with Crippen LogP contribution in [0.4, 0.5) is 5.69 Å². The van der Waals surface area contributed by atoms with Crippen LogP contribution in [0.1, 0.15) is 34.3 Å². The van der Waals surface area contributed by atoms with E-state index in [9.17, 15) is 4.79 Å². The van der Waals surface area contributed by atoms with E-state index in [4.69, 9.17) is 0 Å². The van der Waals surface area contributed by atoms with Gasteiger partial charge in [0.1, 0.15) is 0 Å². The second-order valence-corrected chi connectivity index (χ2v) is 5.68. The number of anilines is 1. The Kier molecular flexibility index (Phi) is 4.66. The number of benzene rings is 1. The molecule has 1 aliphatic rings. The molecule has 5 heteroatoms. The fourth-order valence-corrected chi connectivity index (χ4v) is 2.70. The fourth-order valence-electron chi connectivity index (χ4n) is 2.70. The molecule has 0 radical (unpaired) electrons. The number of amides is 1. The zero-order chi connectivity index (χ0) is 16.1. The number of carbonyl (C=O) groups excluding carboxylic acids is 1. The molecule has 1 N–H and O–H groups in total. The van der Waals surface area contributed by atoms with Gasteiger partial charge in [-0.2, -0.15) is 5.10 Å². The van der Waals surface area contributed by atoms with Gasteiger partial charge in [-0.1, -0.05) is 6.07 Å². The van der Waals surface area contributed by atoms with Crippen molar-refractivity contribution in [2.45, 2.75) is 19.8 Å². The Morgan fingerprint density at radius 2 is 2.13 bits per heavy atom. The molecule has 0 spiro atoms. The lowest BCUT2D eigenvalue weighted by Gasteiger charge is -2.18. The van der Waals surface area contributed by atoms with Crippen molar-refractivity contribution < 1.29 is 4.79 Å². The number of nitrogens with one attached hydrogen (secondary N) is 1. The summed E-state index contributed by atoms with van der Waals surface area (Å²) in [5, 5.41) is 4.04. The van der Waals surface area contributed by atoms with Crippen molar-refractivity contribution in [2.24, 2.45) is 5.10 Å². The summed E-state index contributed by atoms with van der Waals surface area (Å²) in [7, 11) is 0. The van der Waals surface area contributed by atoms with Gasteiger partial charge in [-0.05, 0) is 55.2 Å². The van der Waals surface area contributed by atoms with Crippen LogP contribution >= 0.6 is 0 Å². The number of hydrogen-bond donors (Lipinski definition) is 1. The summed E-state index contributed by atoms with van der Waals surface area (Å²) in [6.07, 6.45) is 7.36. The zero-order valence-corrected chi connectivity index (χ0v) is 13.2. The lowest BCUT2D eigenvalue weighted by atomic mass is 10.1. The molecule has 1 fully saturated rings. The maximum atomic E-state index is 11.9. The summed E-state index contributed by atoms with van der Waals surface area (Å²) in [6, 6.07) is 9.76. The van der Waals surface area contributed by atoms with E-state index in [0.29, 0.717) is 5.56 Å². The summed E-state index contributed by atoms with van der Waals surface area (Å²) in [4.78, 5) is 18.2. The fraction of sp³-hybridized carbons (Fsp3) is 0.278. The van der Waals surface area contributed by atoms with Gasteiger partial charge in [0.2, 0.25) is 0 Å². The van der Waals surface area contributed by atoms with Crippen molar-refractivity contribution >= 4 is 17.8 Å². The van der Waals surface area contributed by atoms with Crippen LogP contribution in [0, 0.1) is 6.92 Å². The van der Waals surface area contributed by atoms with Gasteiger partial charge in [-0.25, -0.2) is 5.43 Å². The average Bonchev–Trinajstić information content (AvgIpc) is 3.11. The minimum atomic E-state index is -0.263. The lowest BCUT2D eigenvalue weighted by Crippen LogP contribution is -2.18. The van der Waals surface area contributed by atoms with Gasteiger partial charge in [0.25, 0.3) is 5.91 Å². The van der Waals surface area contributed by atoms with Gasteiger partial charge in [-0.15, -0.1) is 0 Å². The number of carbonyl (C=O) groups is 1. The van der Waals surface area contributed by atoms with E-state index < -0.39 is 0 Å². The number of aryl methyl sites for hydroxylation is 1. The summed E-state index contributed by atoms with van der Waals surface area (Å²) < 4.78 is 0. The van der Waals surface area contributed by atoms with Gasteiger partial charge in [0, 0.05) is 31.2 Å². The highest BCUT2D eigenvalue weighted by Crippen LogP contribution is 2.22. The van der Waals surface area contributed by atoms with Crippen molar-refractivity contribution in [3.63, 3.8) is 0 Å². The Morgan fingerprint density at radius 1 is 1.30 bits per heavy atom. The van der Waals surface area contributed by atoms with Crippen molar-refractivity contribution in [3.05, 3.63) is 59.4 Å². The lowest BCUT2D eigenvalue weighted by molar-refractivity contribution is 0.0955. The van der Waals surface area contributed by atoms with Crippen molar-refractivity contribution in [1.82, 2.24) is 10.4 Å². The molecule has 0 bridgehead atoms. The molecular formula is C18H20N4O. The van der Waals surface area contributed by atoms with Gasteiger partial charge in [0.05, 0.1) is 11.8 Å². The molecule has 3 rings (SSSR count). The molecule has 5 nitrogen and oxygen atoms in total. The molecule has 0 saturated carbocycles. The van der Waals surface area contributed by atoms with Crippen LogP contribution < -0.4 is 10.3 Å². The van der Waals surface area contributed by atoms with E-state index in [0.717, 1.165) is 24.2 Å². The molecule has 0 atom stereocenters. The van der Waals surface area contributed by atoms with Crippen LogP contribution in [0.2, 0.25) is 0 Å². The molecule has 23 heavy (non-hydrogen) atoms.